The van der Waals surface area contributed by atoms with Crippen molar-refractivity contribution in [2.75, 3.05) is 12.4 Å². The van der Waals surface area contributed by atoms with Crippen LogP contribution >= 0.6 is 23.4 Å². The highest BCUT2D eigenvalue weighted by Crippen LogP contribution is 2.21. The van der Waals surface area contributed by atoms with Crippen LogP contribution < -0.4 is 0 Å². The summed E-state index contributed by atoms with van der Waals surface area (Å²) in [5.41, 5.74) is 0.855. The van der Waals surface area contributed by atoms with Crippen molar-refractivity contribution in [3.63, 3.8) is 0 Å². The van der Waals surface area contributed by atoms with Crippen molar-refractivity contribution >= 4 is 23.4 Å². The highest BCUT2D eigenvalue weighted by Gasteiger charge is 2.10. The van der Waals surface area contributed by atoms with Crippen molar-refractivity contribution < 1.29 is 10.2 Å². The number of aromatic nitrogens is 3. The van der Waals surface area contributed by atoms with Gasteiger partial charge in [0.05, 0.1) is 18.4 Å². The number of thioether (sulfide) groups is 1. The van der Waals surface area contributed by atoms with Crippen molar-refractivity contribution in [1.82, 2.24) is 14.8 Å². The van der Waals surface area contributed by atoms with Crippen LogP contribution in [-0.2, 0) is 0 Å². The minimum atomic E-state index is -0.764. The van der Waals surface area contributed by atoms with Gasteiger partial charge in [-0.2, -0.15) is 0 Å². The molecule has 2 rings (SSSR count). The zero-order valence-electron chi connectivity index (χ0n) is 9.40. The summed E-state index contributed by atoms with van der Waals surface area (Å²) in [4.78, 5) is 0. The minimum Gasteiger partial charge on any atom is -0.394 e. The number of hydrogen-bond acceptors (Lipinski definition) is 5. The van der Waals surface area contributed by atoms with Gasteiger partial charge in [-0.3, -0.25) is 4.57 Å². The molecule has 1 heterocycles. The number of halogens is 1. The Balaban J connectivity index is 2.17. The molecule has 1 aromatic heterocycles. The largest absolute Gasteiger partial charge is 0.394 e. The van der Waals surface area contributed by atoms with Crippen molar-refractivity contribution in [3.05, 3.63) is 35.6 Å². The molecular weight excluding hydrogens is 274 g/mol. The molecule has 0 aliphatic carbocycles. The van der Waals surface area contributed by atoms with Gasteiger partial charge in [0.2, 0.25) is 0 Å². The first kappa shape index (κ1) is 13.4. The van der Waals surface area contributed by atoms with Crippen LogP contribution in [0.1, 0.15) is 0 Å². The molecule has 0 aliphatic heterocycles. The van der Waals surface area contributed by atoms with Gasteiger partial charge in [0.1, 0.15) is 6.33 Å². The topological polar surface area (TPSA) is 71.2 Å². The fourth-order valence-corrected chi connectivity index (χ4v) is 2.38. The Hall–Kier alpha value is -1.08. The quantitative estimate of drug-likeness (QED) is 0.812. The van der Waals surface area contributed by atoms with E-state index in [-0.39, 0.29) is 6.61 Å². The number of nitrogens with zero attached hydrogens (tertiary/aromatic N) is 3. The molecule has 0 saturated carbocycles. The molecular formula is C11H12ClN3O2S. The molecule has 0 bridgehead atoms. The lowest BCUT2D eigenvalue weighted by Gasteiger charge is -2.08. The molecule has 0 aliphatic rings. The Bertz CT molecular complexity index is 520. The summed E-state index contributed by atoms with van der Waals surface area (Å²) in [5, 5.41) is 27.2. The fraction of sp³-hybridized carbons (Fsp3) is 0.273. The van der Waals surface area contributed by atoms with Crippen LogP contribution in [0.2, 0.25) is 5.02 Å². The molecule has 1 unspecified atom stereocenters. The van der Waals surface area contributed by atoms with Gasteiger partial charge < -0.3 is 10.2 Å². The van der Waals surface area contributed by atoms with E-state index in [1.54, 1.807) is 23.0 Å². The molecule has 5 nitrogen and oxygen atoms in total. The van der Waals surface area contributed by atoms with Gasteiger partial charge >= 0.3 is 0 Å². The molecule has 96 valence electrons. The van der Waals surface area contributed by atoms with E-state index < -0.39 is 6.10 Å². The van der Waals surface area contributed by atoms with Crippen LogP contribution in [0.5, 0.6) is 0 Å². The van der Waals surface area contributed by atoms with E-state index in [2.05, 4.69) is 10.2 Å². The summed E-state index contributed by atoms with van der Waals surface area (Å²) in [5.74, 6) is 0.357. The summed E-state index contributed by atoms with van der Waals surface area (Å²) in [6, 6.07) is 7.33. The van der Waals surface area contributed by atoms with Gasteiger partial charge in [0.25, 0.3) is 0 Å². The van der Waals surface area contributed by atoms with Crippen LogP contribution in [0, 0.1) is 0 Å². The molecule has 1 atom stereocenters. The number of aliphatic hydroxyl groups is 2. The van der Waals surface area contributed by atoms with Gasteiger partial charge in [0.15, 0.2) is 5.16 Å². The monoisotopic (exact) mass is 285 g/mol. The predicted molar refractivity (Wildman–Crippen MR) is 70.2 cm³/mol. The van der Waals surface area contributed by atoms with Gasteiger partial charge in [-0.25, -0.2) is 0 Å². The zero-order valence-corrected chi connectivity index (χ0v) is 11.0. The van der Waals surface area contributed by atoms with E-state index in [1.165, 1.54) is 11.8 Å². The van der Waals surface area contributed by atoms with Gasteiger partial charge in [-0.1, -0.05) is 29.4 Å². The molecule has 18 heavy (non-hydrogen) atoms. The Labute approximate surface area is 113 Å². The lowest BCUT2D eigenvalue weighted by molar-refractivity contribution is 0.113. The summed E-state index contributed by atoms with van der Waals surface area (Å²) >= 11 is 7.25. The minimum absolute atomic E-state index is 0.266. The van der Waals surface area contributed by atoms with Crippen LogP contribution in [0.25, 0.3) is 5.69 Å². The Morgan fingerprint density at radius 1 is 1.44 bits per heavy atom. The number of hydrogen-bond donors (Lipinski definition) is 2. The third-order valence-electron chi connectivity index (χ3n) is 2.22. The first-order valence-corrected chi connectivity index (χ1v) is 6.64. The summed E-state index contributed by atoms with van der Waals surface area (Å²) in [6.07, 6.45) is 0.818. The molecule has 0 fully saturated rings. The highest BCUT2D eigenvalue weighted by molar-refractivity contribution is 7.99. The van der Waals surface area contributed by atoms with Gasteiger partial charge in [-0.15, -0.1) is 10.2 Å². The number of rotatable bonds is 5. The predicted octanol–water partition coefficient (Wildman–Crippen LogP) is 1.37. The van der Waals surface area contributed by atoms with Crippen molar-refractivity contribution in [2.45, 2.75) is 11.3 Å². The van der Waals surface area contributed by atoms with Crippen molar-refractivity contribution in [2.24, 2.45) is 0 Å². The molecule has 0 radical (unpaired) electrons. The first-order valence-electron chi connectivity index (χ1n) is 5.28. The van der Waals surface area contributed by atoms with E-state index in [0.29, 0.717) is 15.9 Å². The van der Waals surface area contributed by atoms with Gasteiger partial charge in [0, 0.05) is 10.8 Å². The van der Waals surface area contributed by atoms with Crippen LogP contribution in [0.3, 0.4) is 0 Å². The van der Waals surface area contributed by atoms with E-state index in [4.69, 9.17) is 16.7 Å². The van der Waals surface area contributed by atoms with Crippen LogP contribution in [0.15, 0.2) is 35.7 Å². The molecule has 0 saturated heterocycles. The smallest absolute Gasteiger partial charge is 0.195 e. The average molecular weight is 286 g/mol. The fourth-order valence-electron chi connectivity index (χ4n) is 1.35. The third kappa shape index (κ3) is 3.23. The van der Waals surface area contributed by atoms with E-state index in [0.717, 1.165) is 5.69 Å². The molecule has 2 N–H and O–H groups in total. The Kier molecular flexibility index (Phi) is 4.60. The third-order valence-corrected chi connectivity index (χ3v) is 3.54. The van der Waals surface area contributed by atoms with Crippen LogP contribution in [0.4, 0.5) is 0 Å². The molecule has 0 amide bonds. The first-order chi connectivity index (χ1) is 8.70. The summed E-state index contributed by atoms with van der Waals surface area (Å²) in [7, 11) is 0. The Morgan fingerprint density at radius 3 is 3.00 bits per heavy atom. The number of aliphatic hydroxyl groups excluding tert-OH is 2. The SMILES string of the molecule is OCC(O)CSc1nncn1-c1cccc(Cl)c1. The van der Waals surface area contributed by atoms with E-state index in [1.807, 2.05) is 12.1 Å². The summed E-state index contributed by atoms with van der Waals surface area (Å²) in [6.45, 7) is -0.266. The lowest BCUT2D eigenvalue weighted by Crippen LogP contribution is -2.15. The average Bonchev–Trinajstić information content (AvgIpc) is 2.84. The second-order valence-corrected chi connectivity index (χ2v) is 5.03. The molecule has 2 aromatic rings. The van der Waals surface area contributed by atoms with E-state index in [9.17, 15) is 5.11 Å². The molecule has 7 heteroatoms. The van der Waals surface area contributed by atoms with Crippen molar-refractivity contribution in [3.8, 4) is 5.69 Å². The maximum absolute atomic E-state index is 9.31. The number of benzene rings is 1. The lowest BCUT2D eigenvalue weighted by atomic mass is 10.3. The van der Waals surface area contributed by atoms with Crippen LogP contribution in [-0.4, -0.2) is 43.4 Å². The van der Waals surface area contributed by atoms with Crippen molar-refractivity contribution in [1.29, 1.82) is 0 Å². The van der Waals surface area contributed by atoms with Gasteiger partial charge in [-0.05, 0) is 18.2 Å². The second-order valence-electron chi connectivity index (χ2n) is 3.61. The van der Waals surface area contributed by atoms with E-state index >= 15 is 0 Å². The summed E-state index contributed by atoms with van der Waals surface area (Å²) < 4.78 is 1.78. The highest BCUT2D eigenvalue weighted by atomic mass is 35.5. The normalized spacial score (nSPS) is 12.6. The standard InChI is InChI=1S/C11H12ClN3O2S/c12-8-2-1-3-9(4-8)15-7-13-14-11(15)18-6-10(17)5-16/h1-4,7,10,16-17H,5-6H2. The molecule has 0 spiro atoms. The second kappa shape index (κ2) is 6.19. The zero-order chi connectivity index (χ0) is 13.0. The maximum Gasteiger partial charge on any atom is 0.195 e. The maximum atomic E-state index is 9.31. The molecule has 1 aromatic carbocycles. The Morgan fingerprint density at radius 2 is 2.28 bits per heavy atom.